The SMILES string of the molecule is CC[C@H](C)c1ccc(S(=O)(=O)N2CCN(Cc3cc(OC)c(OC)cc3C)CC2)cc1. The average Bonchev–Trinajstić information content (AvgIpc) is 2.80. The van der Waals surface area contributed by atoms with Gasteiger partial charge in [-0.3, -0.25) is 4.90 Å². The van der Waals surface area contributed by atoms with Crippen LogP contribution < -0.4 is 9.47 Å². The molecule has 1 heterocycles. The molecule has 1 aliphatic rings. The smallest absolute Gasteiger partial charge is 0.243 e. The molecular weight excluding hydrogens is 412 g/mol. The van der Waals surface area contributed by atoms with Crippen molar-refractivity contribution in [3.05, 3.63) is 53.1 Å². The van der Waals surface area contributed by atoms with Crippen molar-refractivity contribution < 1.29 is 17.9 Å². The molecule has 6 nitrogen and oxygen atoms in total. The molecule has 1 saturated heterocycles. The second-order valence-corrected chi connectivity index (χ2v) is 10.1. The predicted octanol–water partition coefficient (Wildman–Crippen LogP) is 4.03. The van der Waals surface area contributed by atoms with Gasteiger partial charge in [-0.05, 0) is 60.2 Å². The van der Waals surface area contributed by atoms with Crippen molar-refractivity contribution in [2.24, 2.45) is 0 Å². The molecule has 2 aromatic rings. The summed E-state index contributed by atoms with van der Waals surface area (Å²) in [5.41, 5.74) is 3.47. The molecule has 1 fully saturated rings. The Labute approximate surface area is 186 Å². The minimum Gasteiger partial charge on any atom is -0.493 e. The predicted molar refractivity (Wildman–Crippen MR) is 123 cm³/mol. The van der Waals surface area contributed by atoms with Gasteiger partial charge in [0.2, 0.25) is 10.0 Å². The molecule has 1 aliphatic heterocycles. The first-order chi connectivity index (χ1) is 14.8. The third-order valence-corrected chi connectivity index (χ3v) is 8.18. The molecule has 0 N–H and O–H groups in total. The maximum Gasteiger partial charge on any atom is 0.243 e. The largest absolute Gasteiger partial charge is 0.493 e. The Hall–Kier alpha value is -2.09. The minimum absolute atomic E-state index is 0.378. The summed E-state index contributed by atoms with van der Waals surface area (Å²) in [7, 11) is -0.197. The van der Waals surface area contributed by atoms with Crippen molar-refractivity contribution in [2.45, 2.75) is 44.6 Å². The van der Waals surface area contributed by atoms with Gasteiger partial charge < -0.3 is 9.47 Å². The Morgan fingerprint density at radius 2 is 1.55 bits per heavy atom. The summed E-state index contributed by atoms with van der Waals surface area (Å²) in [5, 5.41) is 0. The zero-order valence-electron chi connectivity index (χ0n) is 19.2. The number of sulfonamides is 1. The van der Waals surface area contributed by atoms with Gasteiger partial charge in [-0.15, -0.1) is 0 Å². The minimum atomic E-state index is -3.47. The highest BCUT2D eigenvalue weighted by atomic mass is 32.2. The summed E-state index contributed by atoms with van der Waals surface area (Å²) >= 11 is 0. The molecule has 7 heteroatoms. The van der Waals surface area contributed by atoms with Crippen molar-refractivity contribution in [1.29, 1.82) is 0 Å². The summed E-state index contributed by atoms with van der Waals surface area (Å²) in [4.78, 5) is 2.66. The lowest BCUT2D eigenvalue weighted by Crippen LogP contribution is -2.48. The van der Waals surface area contributed by atoms with Crippen molar-refractivity contribution >= 4 is 10.0 Å². The van der Waals surface area contributed by atoms with Crippen LogP contribution >= 0.6 is 0 Å². The molecule has 0 saturated carbocycles. The first-order valence-electron chi connectivity index (χ1n) is 10.8. The van der Waals surface area contributed by atoms with Gasteiger partial charge in [0.25, 0.3) is 0 Å². The van der Waals surface area contributed by atoms with E-state index in [2.05, 4.69) is 25.7 Å². The molecule has 3 rings (SSSR count). The molecule has 2 aromatic carbocycles. The molecule has 0 bridgehead atoms. The second kappa shape index (κ2) is 10.0. The number of nitrogens with zero attached hydrogens (tertiary/aromatic N) is 2. The number of benzene rings is 2. The maximum atomic E-state index is 13.1. The number of rotatable bonds is 8. The third kappa shape index (κ3) is 5.22. The Bertz CT molecular complexity index is 981. The maximum absolute atomic E-state index is 13.1. The van der Waals surface area contributed by atoms with Crippen molar-refractivity contribution in [3.8, 4) is 11.5 Å². The lowest BCUT2D eigenvalue weighted by molar-refractivity contribution is 0.181. The van der Waals surface area contributed by atoms with Crippen LogP contribution in [0, 0.1) is 6.92 Å². The molecule has 0 aliphatic carbocycles. The van der Waals surface area contributed by atoms with E-state index in [-0.39, 0.29) is 0 Å². The summed E-state index contributed by atoms with van der Waals surface area (Å²) in [6.07, 6.45) is 1.04. The van der Waals surface area contributed by atoms with Gasteiger partial charge in [0, 0.05) is 32.7 Å². The molecule has 0 unspecified atom stereocenters. The normalized spacial score (nSPS) is 16.8. The van der Waals surface area contributed by atoms with E-state index in [1.54, 1.807) is 30.7 Å². The molecular formula is C24H34N2O4S. The molecule has 0 aromatic heterocycles. The van der Waals surface area contributed by atoms with Gasteiger partial charge in [0.15, 0.2) is 11.5 Å². The Morgan fingerprint density at radius 1 is 0.968 bits per heavy atom. The van der Waals surface area contributed by atoms with Crippen LogP contribution in [0.25, 0.3) is 0 Å². The van der Waals surface area contributed by atoms with E-state index in [4.69, 9.17) is 9.47 Å². The number of piperazine rings is 1. The van der Waals surface area contributed by atoms with E-state index in [0.29, 0.717) is 42.7 Å². The average molecular weight is 447 g/mol. The summed E-state index contributed by atoms with van der Waals surface area (Å²) < 4.78 is 38.6. The van der Waals surface area contributed by atoms with Crippen LogP contribution in [0.1, 0.15) is 42.9 Å². The lowest BCUT2D eigenvalue weighted by Gasteiger charge is -2.34. The fraction of sp³-hybridized carbons (Fsp3) is 0.500. The monoisotopic (exact) mass is 446 g/mol. The molecule has 0 radical (unpaired) electrons. The quantitative estimate of drug-likeness (QED) is 0.613. The molecule has 0 amide bonds. The zero-order chi connectivity index (χ0) is 22.6. The van der Waals surface area contributed by atoms with E-state index < -0.39 is 10.0 Å². The molecule has 170 valence electrons. The van der Waals surface area contributed by atoms with Crippen LogP contribution in [-0.2, 0) is 16.6 Å². The Morgan fingerprint density at radius 3 is 2.10 bits per heavy atom. The highest BCUT2D eigenvalue weighted by Crippen LogP contribution is 2.31. The van der Waals surface area contributed by atoms with E-state index in [1.807, 2.05) is 24.3 Å². The zero-order valence-corrected chi connectivity index (χ0v) is 20.0. The van der Waals surface area contributed by atoms with Crippen LogP contribution in [0.5, 0.6) is 11.5 Å². The van der Waals surface area contributed by atoms with Crippen LogP contribution in [0.2, 0.25) is 0 Å². The van der Waals surface area contributed by atoms with E-state index >= 15 is 0 Å². The first-order valence-corrected chi connectivity index (χ1v) is 12.3. The second-order valence-electron chi connectivity index (χ2n) is 8.19. The van der Waals surface area contributed by atoms with Gasteiger partial charge in [0.05, 0.1) is 19.1 Å². The Kier molecular flexibility index (Phi) is 7.62. The highest BCUT2D eigenvalue weighted by Gasteiger charge is 2.28. The standard InChI is InChI=1S/C24H34N2O4S/c1-6-18(2)20-7-9-22(10-8-20)31(27,28)26-13-11-25(12-14-26)17-21-16-24(30-5)23(29-4)15-19(21)3/h7-10,15-16,18H,6,11-14,17H2,1-5H3/t18-/m0/s1. The fourth-order valence-electron chi connectivity index (χ4n) is 3.92. The number of ether oxygens (including phenoxy) is 2. The van der Waals surface area contributed by atoms with E-state index in [9.17, 15) is 8.42 Å². The summed E-state index contributed by atoms with van der Waals surface area (Å²) in [6, 6.07) is 11.4. The fourth-order valence-corrected chi connectivity index (χ4v) is 5.34. The van der Waals surface area contributed by atoms with Crippen molar-refractivity contribution in [3.63, 3.8) is 0 Å². The van der Waals surface area contributed by atoms with E-state index in [0.717, 1.165) is 29.8 Å². The van der Waals surface area contributed by atoms with E-state index in [1.165, 1.54) is 5.56 Å². The molecule has 31 heavy (non-hydrogen) atoms. The highest BCUT2D eigenvalue weighted by molar-refractivity contribution is 7.89. The topological polar surface area (TPSA) is 59.1 Å². The first kappa shape index (κ1) is 23.6. The number of aryl methyl sites for hydroxylation is 1. The lowest BCUT2D eigenvalue weighted by atomic mass is 9.99. The number of methoxy groups -OCH3 is 2. The van der Waals surface area contributed by atoms with Gasteiger partial charge in [-0.2, -0.15) is 4.31 Å². The van der Waals surface area contributed by atoms with Crippen LogP contribution in [0.15, 0.2) is 41.3 Å². The Balaban J connectivity index is 1.65. The van der Waals surface area contributed by atoms with Crippen LogP contribution in [0.3, 0.4) is 0 Å². The van der Waals surface area contributed by atoms with Crippen molar-refractivity contribution in [1.82, 2.24) is 9.21 Å². The van der Waals surface area contributed by atoms with Gasteiger partial charge in [0.1, 0.15) is 0 Å². The van der Waals surface area contributed by atoms with Gasteiger partial charge in [-0.25, -0.2) is 8.42 Å². The number of hydrogen-bond acceptors (Lipinski definition) is 5. The summed E-state index contributed by atoms with van der Waals surface area (Å²) in [5.74, 6) is 1.87. The summed E-state index contributed by atoms with van der Waals surface area (Å²) in [6.45, 7) is 9.46. The van der Waals surface area contributed by atoms with Crippen molar-refractivity contribution in [2.75, 3.05) is 40.4 Å². The van der Waals surface area contributed by atoms with Crippen LogP contribution in [-0.4, -0.2) is 58.0 Å². The third-order valence-electron chi connectivity index (χ3n) is 6.27. The van der Waals surface area contributed by atoms with Gasteiger partial charge >= 0.3 is 0 Å². The van der Waals surface area contributed by atoms with Gasteiger partial charge in [-0.1, -0.05) is 26.0 Å². The molecule has 0 spiro atoms. The molecule has 1 atom stereocenters. The van der Waals surface area contributed by atoms with Crippen LogP contribution in [0.4, 0.5) is 0 Å². The number of hydrogen-bond donors (Lipinski definition) is 0.